The number of H-pyrrole nitrogens is 1. The summed E-state index contributed by atoms with van der Waals surface area (Å²) in [5.41, 5.74) is 2.85. The van der Waals surface area contributed by atoms with Crippen LogP contribution in [0.1, 0.15) is 25.8 Å². The van der Waals surface area contributed by atoms with Crippen LogP contribution in [0.4, 0.5) is 0 Å². The van der Waals surface area contributed by atoms with Crippen molar-refractivity contribution in [3.8, 4) is 22.8 Å². The molecule has 0 spiro atoms. The van der Waals surface area contributed by atoms with Crippen LogP contribution in [0.2, 0.25) is 0 Å². The van der Waals surface area contributed by atoms with Crippen molar-refractivity contribution in [3.63, 3.8) is 0 Å². The third-order valence-electron chi connectivity index (χ3n) is 4.72. The lowest BCUT2D eigenvalue weighted by molar-refractivity contribution is 0.432. The predicted molar refractivity (Wildman–Crippen MR) is 107 cm³/mol. The summed E-state index contributed by atoms with van der Waals surface area (Å²) >= 11 is 0. The molecule has 4 aromatic rings. The van der Waals surface area contributed by atoms with Crippen molar-refractivity contribution >= 4 is 11.0 Å². The second kappa shape index (κ2) is 7.26. The lowest BCUT2D eigenvalue weighted by atomic mass is 10.1. The smallest absolute Gasteiger partial charge is 0.316 e. The molecule has 7 heteroatoms. The minimum atomic E-state index is -0.636. The number of hydrogen-bond acceptors (Lipinski definition) is 5. The summed E-state index contributed by atoms with van der Waals surface area (Å²) < 4.78 is 6.90. The maximum absolute atomic E-state index is 12.1. The van der Waals surface area contributed by atoms with Crippen LogP contribution in [0.15, 0.2) is 56.6 Å². The number of aromatic amines is 1. The van der Waals surface area contributed by atoms with Gasteiger partial charge in [0.25, 0.3) is 5.89 Å². The predicted octanol–water partition coefficient (Wildman–Crippen LogP) is 3.38. The molecule has 0 aliphatic carbocycles. The molecule has 2 aromatic carbocycles. The monoisotopic (exact) mass is 376 g/mol. The number of nitrogens with one attached hydrogen (secondary N) is 1. The molecule has 2 aromatic heterocycles. The molecule has 28 heavy (non-hydrogen) atoms. The summed E-state index contributed by atoms with van der Waals surface area (Å²) in [6, 6.07) is 13.4. The molecule has 2 heterocycles. The van der Waals surface area contributed by atoms with E-state index in [2.05, 4.69) is 22.0 Å². The van der Waals surface area contributed by atoms with Crippen LogP contribution in [0, 0.1) is 0 Å². The SMILES string of the molecule is CCCn1c(=O)c(=O)[nH]c2cc(-c3noc(-c4ccc(CC)cc4)n3)ccc21. The quantitative estimate of drug-likeness (QED) is 0.539. The Morgan fingerprint density at radius 3 is 2.50 bits per heavy atom. The Kier molecular flexibility index (Phi) is 4.65. The second-order valence-corrected chi connectivity index (χ2v) is 6.62. The van der Waals surface area contributed by atoms with Gasteiger partial charge in [-0.15, -0.1) is 0 Å². The van der Waals surface area contributed by atoms with E-state index < -0.39 is 11.1 Å². The van der Waals surface area contributed by atoms with E-state index in [0.717, 1.165) is 18.4 Å². The number of aryl methyl sites for hydroxylation is 2. The molecule has 0 atom stereocenters. The summed E-state index contributed by atoms with van der Waals surface area (Å²) in [5, 5.41) is 4.06. The zero-order valence-electron chi connectivity index (χ0n) is 15.7. The van der Waals surface area contributed by atoms with Crippen LogP contribution in [-0.2, 0) is 13.0 Å². The van der Waals surface area contributed by atoms with Crippen LogP contribution in [-0.4, -0.2) is 19.7 Å². The maximum Gasteiger partial charge on any atom is 0.316 e. The zero-order chi connectivity index (χ0) is 19.7. The molecule has 0 amide bonds. The molecule has 0 unspecified atom stereocenters. The Bertz CT molecular complexity index is 1250. The number of fused-ring (bicyclic) bond motifs is 1. The van der Waals surface area contributed by atoms with Crippen molar-refractivity contribution in [2.24, 2.45) is 0 Å². The van der Waals surface area contributed by atoms with Gasteiger partial charge in [-0.2, -0.15) is 4.98 Å². The summed E-state index contributed by atoms with van der Waals surface area (Å²) in [6.45, 7) is 4.55. The van der Waals surface area contributed by atoms with E-state index in [1.54, 1.807) is 12.1 Å². The van der Waals surface area contributed by atoms with Crippen LogP contribution >= 0.6 is 0 Å². The van der Waals surface area contributed by atoms with Gasteiger partial charge in [-0.05, 0) is 48.7 Å². The van der Waals surface area contributed by atoms with Crippen molar-refractivity contribution in [2.45, 2.75) is 33.2 Å². The molecule has 0 saturated carbocycles. The summed E-state index contributed by atoms with van der Waals surface area (Å²) in [5.74, 6) is 0.854. The van der Waals surface area contributed by atoms with Gasteiger partial charge in [0.1, 0.15) is 0 Å². The van der Waals surface area contributed by atoms with Gasteiger partial charge in [0.2, 0.25) is 5.82 Å². The van der Waals surface area contributed by atoms with E-state index in [4.69, 9.17) is 4.52 Å². The highest BCUT2D eigenvalue weighted by molar-refractivity contribution is 5.80. The van der Waals surface area contributed by atoms with E-state index >= 15 is 0 Å². The highest BCUT2D eigenvalue weighted by Gasteiger charge is 2.13. The number of rotatable bonds is 5. The largest absolute Gasteiger partial charge is 0.334 e. The van der Waals surface area contributed by atoms with Gasteiger partial charge in [0.15, 0.2) is 0 Å². The minimum absolute atomic E-state index is 0.422. The second-order valence-electron chi connectivity index (χ2n) is 6.62. The Morgan fingerprint density at radius 1 is 1.04 bits per heavy atom. The summed E-state index contributed by atoms with van der Waals surface area (Å²) in [7, 11) is 0. The van der Waals surface area contributed by atoms with Gasteiger partial charge < -0.3 is 14.1 Å². The summed E-state index contributed by atoms with van der Waals surface area (Å²) in [4.78, 5) is 31.2. The first-order chi connectivity index (χ1) is 13.6. The third kappa shape index (κ3) is 3.15. The van der Waals surface area contributed by atoms with Gasteiger partial charge in [0, 0.05) is 17.7 Å². The summed E-state index contributed by atoms with van der Waals surface area (Å²) in [6.07, 6.45) is 1.72. The zero-order valence-corrected chi connectivity index (χ0v) is 15.7. The Hall–Kier alpha value is -3.48. The van der Waals surface area contributed by atoms with Crippen molar-refractivity contribution in [2.75, 3.05) is 0 Å². The molecule has 0 aliphatic heterocycles. The van der Waals surface area contributed by atoms with E-state index in [9.17, 15) is 9.59 Å². The Morgan fingerprint density at radius 2 is 1.79 bits per heavy atom. The molecule has 142 valence electrons. The van der Waals surface area contributed by atoms with Crippen molar-refractivity contribution in [3.05, 3.63) is 68.7 Å². The minimum Gasteiger partial charge on any atom is -0.334 e. The topological polar surface area (TPSA) is 93.8 Å². The van der Waals surface area contributed by atoms with E-state index in [1.165, 1.54) is 10.1 Å². The fraction of sp³-hybridized carbons (Fsp3) is 0.238. The van der Waals surface area contributed by atoms with Crippen molar-refractivity contribution < 1.29 is 4.52 Å². The molecule has 0 fully saturated rings. The lowest BCUT2D eigenvalue weighted by Gasteiger charge is -2.08. The van der Waals surface area contributed by atoms with Crippen LogP contribution < -0.4 is 11.1 Å². The lowest BCUT2D eigenvalue weighted by Crippen LogP contribution is -2.36. The van der Waals surface area contributed by atoms with Crippen LogP contribution in [0.3, 0.4) is 0 Å². The van der Waals surface area contributed by atoms with Gasteiger partial charge in [0.05, 0.1) is 11.0 Å². The maximum atomic E-state index is 12.1. The first-order valence-corrected chi connectivity index (χ1v) is 9.31. The first kappa shape index (κ1) is 17.9. The standard InChI is InChI=1S/C21H20N4O3/c1-3-11-25-17-10-9-15(12-16(17)22-19(26)21(25)27)18-23-20(28-24-18)14-7-5-13(4-2)6-8-14/h5-10,12H,3-4,11H2,1-2H3,(H,22,26). The number of aromatic nitrogens is 4. The highest BCUT2D eigenvalue weighted by Crippen LogP contribution is 2.24. The fourth-order valence-electron chi connectivity index (χ4n) is 3.20. The Labute approximate surface area is 160 Å². The van der Waals surface area contributed by atoms with E-state index in [0.29, 0.717) is 34.9 Å². The first-order valence-electron chi connectivity index (χ1n) is 9.31. The molecule has 0 bridgehead atoms. The molecule has 0 saturated heterocycles. The van der Waals surface area contributed by atoms with Gasteiger partial charge >= 0.3 is 11.1 Å². The van der Waals surface area contributed by atoms with Crippen molar-refractivity contribution in [1.29, 1.82) is 0 Å². The molecular weight excluding hydrogens is 356 g/mol. The normalized spacial score (nSPS) is 11.2. The van der Waals surface area contributed by atoms with Gasteiger partial charge in [-0.1, -0.05) is 31.1 Å². The molecule has 1 N–H and O–H groups in total. The average Bonchev–Trinajstić information content (AvgIpc) is 3.21. The van der Waals surface area contributed by atoms with E-state index in [1.807, 2.05) is 37.3 Å². The third-order valence-corrected chi connectivity index (χ3v) is 4.72. The number of hydrogen-bond donors (Lipinski definition) is 1. The number of benzene rings is 2. The molecule has 4 rings (SSSR count). The van der Waals surface area contributed by atoms with Gasteiger partial charge in [-0.3, -0.25) is 9.59 Å². The molecular formula is C21H20N4O3. The fourth-order valence-corrected chi connectivity index (χ4v) is 3.20. The average molecular weight is 376 g/mol. The Balaban J connectivity index is 1.75. The van der Waals surface area contributed by atoms with Crippen LogP contribution in [0.5, 0.6) is 0 Å². The molecule has 0 aliphatic rings. The molecule has 0 radical (unpaired) electrons. The van der Waals surface area contributed by atoms with Crippen molar-refractivity contribution in [1.82, 2.24) is 19.7 Å². The van der Waals surface area contributed by atoms with E-state index in [-0.39, 0.29) is 0 Å². The van der Waals surface area contributed by atoms with Gasteiger partial charge in [-0.25, -0.2) is 0 Å². The van der Waals surface area contributed by atoms with Crippen LogP contribution in [0.25, 0.3) is 33.9 Å². The number of nitrogens with zero attached hydrogens (tertiary/aromatic N) is 3. The molecule has 7 nitrogen and oxygen atoms in total. The highest BCUT2D eigenvalue weighted by atomic mass is 16.5.